The lowest BCUT2D eigenvalue weighted by atomic mass is 10.1. The number of likely N-dealkylation sites (tertiary alicyclic amines) is 1. The van der Waals surface area contributed by atoms with Crippen LogP contribution in [0, 0.1) is 0 Å². The number of carbonyl (C=O) groups excluding carboxylic acids is 1. The highest BCUT2D eigenvalue weighted by molar-refractivity contribution is 5.90. The average Bonchev–Trinajstić information content (AvgIpc) is 3.25. The van der Waals surface area contributed by atoms with Crippen LogP contribution in [-0.4, -0.2) is 44.0 Å². The van der Waals surface area contributed by atoms with E-state index in [9.17, 15) is 4.79 Å². The number of likely N-dealkylation sites (N-methyl/N-ethyl adjacent to an activating group) is 1. The molecule has 1 amide bonds. The number of H-pyrrole nitrogens is 1. The van der Waals surface area contributed by atoms with Crippen molar-refractivity contribution < 1.29 is 9.32 Å². The molecule has 0 radical (unpaired) electrons. The fourth-order valence-corrected chi connectivity index (χ4v) is 2.90. The van der Waals surface area contributed by atoms with Crippen LogP contribution in [0.15, 0.2) is 29.0 Å². The molecule has 1 N–H and O–H groups in total. The van der Waals surface area contributed by atoms with Gasteiger partial charge in [0, 0.05) is 42.8 Å². The maximum atomic E-state index is 11.8. The second-order valence-electron chi connectivity index (χ2n) is 5.39. The zero-order valence-corrected chi connectivity index (χ0v) is 12.1. The number of rotatable bonds is 3. The molecule has 0 aromatic carbocycles. The third kappa shape index (κ3) is 1.97. The summed E-state index contributed by atoms with van der Waals surface area (Å²) in [4.78, 5) is 25.6. The van der Waals surface area contributed by atoms with E-state index in [0.29, 0.717) is 36.9 Å². The van der Waals surface area contributed by atoms with Crippen molar-refractivity contribution in [3.63, 3.8) is 0 Å². The average molecular weight is 297 g/mol. The van der Waals surface area contributed by atoms with Crippen molar-refractivity contribution in [3.05, 3.63) is 30.4 Å². The van der Waals surface area contributed by atoms with Gasteiger partial charge < -0.3 is 14.4 Å². The first-order valence-corrected chi connectivity index (χ1v) is 7.30. The van der Waals surface area contributed by atoms with E-state index in [2.05, 4.69) is 20.1 Å². The molecule has 0 bridgehead atoms. The van der Waals surface area contributed by atoms with Crippen molar-refractivity contribution in [1.82, 2.24) is 25.0 Å². The summed E-state index contributed by atoms with van der Waals surface area (Å²) in [7, 11) is 0. The van der Waals surface area contributed by atoms with Gasteiger partial charge in [0.15, 0.2) is 0 Å². The first-order valence-electron chi connectivity index (χ1n) is 7.30. The Labute approximate surface area is 126 Å². The van der Waals surface area contributed by atoms with E-state index < -0.39 is 0 Å². The predicted octanol–water partition coefficient (Wildman–Crippen LogP) is 1.95. The van der Waals surface area contributed by atoms with Crippen molar-refractivity contribution in [2.75, 3.05) is 13.1 Å². The van der Waals surface area contributed by atoms with Gasteiger partial charge in [-0.25, -0.2) is 0 Å². The van der Waals surface area contributed by atoms with E-state index in [-0.39, 0.29) is 11.8 Å². The Morgan fingerprint density at radius 3 is 3.18 bits per heavy atom. The number of hydrogen-bond donors (Lipinski definition) is 1. The van der Waals surface area contributed by atoms with E-state index in [1.165, 1.54) is 0 Å². The Balaban J connectivity index is 1.67. The molecule has 1 aliphatic rings. The summed E-state index contributed by atoms with van der Waals surface area (Å²) >= 11 is 0. The van der Waals surface area contributed by atoms with Gasteiger partial charge in [-0.1, -0.05) is 5.16 Å². The molecule has 1 unspecified atom stereocenters. The lowest BCUT2D eigenvalue weighted by Gasteiger charge is -2.11. The highest BCUT2D eigenvalue weighted by Crippen LogP contribution is 2.29. The van der Waals surface area contributed by atoms with Crippen LogP contribution < -0.4 is 0 Å². The van der Waals surface area contributed by atoms with Gasteiger partial charge in [-0.15, -0.1) is 0 Å². The van der Waals surface area contributed by atoms with E-state index in [4.69, 9.17) is 4.52 Å². The molecule has 1 fully saturated rings. The lowest BCUT2D eigenvalue weighted by Crippen LogP contribution is -2.24. The summed E-state index contributed by atoms with van der Waals surface area (Å²) in [5.41, 5.74) is 1.66. The van der Waals surface area contributed by atoms with Gasteiger partial charge >= 0.3 is 0 Å². The van der Waals surface area contributed by atoms with Gasteiger partial charge in [-0.05, 0) is 19.1 Å². The third-order valence-electron chi connectivity index (χ3n) is 4.08. The SMILES string of the molecule is CCN1CC(c2nc(-c3nccc4[nH]ccc34)no2)CC1=O. The number of nitrogens with one attached hydrogen (secondary N) is 1. The summed E-state index contributed by atoms with van der Waals surface area (Å²) in [6, 6.07) is 3.83. The molecule has 1 aliphatic heterocycles. The smallest absolute Gasteiger partial charge is 0.232 e. The number of pyridine rings is 1. The molecule has 4 rings (SSSR count). The monoisotopic (exact) mass is 297 g/mol. The molecule has 1 atom stereocenters. The summed E-state index contributed by atoms with van der Waals surface area (Å²) in [5, 5.41) is 5.00. The minimum Gasteiger partial charge on any atom is -0.361 e. The quantitative estimate of drug-likeness (QED) is 0.798. The molecule has 3 aromatic heterocycles. The molecule has 112 valence electrons. The van der Waals surface area contributed by atoms with E-state index in [1.807, 2.05) is 25.3 Å². The maximum absolute atomic E-state index is 11.8. The molecule has 22 heavy (non-hydrogen) atoms. The molecule has 4 heterocycles. The summed E-state index contributed by atoms with van der Waals surface area (Å²) < 4.78 is 5.38. The number of fused-ring (bicyclic) bond motifs is 1. The number of hydrogen-bond acceptors (Lipinski definition) is 5. The summed E-state index contributed by atoms with van der Waals surface area (Å²) in [6.45, 7) is 3.31. The second-order valence-corrected chi connectivity index (χ2v) is 5.39. The van der Waals surface area contributed by atoms with Gasteiger partial charge in [-0.2, -0.15) is 4.98 Å². The van der Waals surface area contributed by atoms with E-state index in [0.717, 1.165) is 10.9 Å². The molecule has 7 nitrogen and oxygen atoms in total. The van der Waals surface area contributed by atoms with Crippen LogP contribution in [0.3, 0.4) is 0 Å². The number of aromatic amines is 1. The Kier molecular flexibility index (Phi) is 2.92. The fraction of sp³-hybridized carbons (Fsp3) is 0.333. The van der Waals surface area contributed by atoms with Crippen LogP contribution in [0.4, 0.5) is 0 Å². The molecule has 3 aromatic rings. The maximum Gasteiger partial charge on any atom is 0.232 e. The number of amides is 1. The molecule has 0 saturated carbocycles. The first kappa shape index (κ1) is 13.0. The minimum atomic E-state index is -0.0286. The van der Waals surface area contributed by atoms with E-state index >= 15 is 0 Å². The number of carbonyl (C=O) groups is 1. The lowest BCUT2D eigenvalue weighted by molar-refractivity contribution is -0.127. The minimum absolute atomic E-state index is 0.0286. The van der Waals surface area contributed by atoms with Crippen LogP contribution in [0.2, 0.25) is 0 Å². The van der Waals surface area contributed by atoms with Crippen LogP contribution >= 0.6 is 0 Å². The third-order valence-corrected chi connectivity index (χ3v) is 4.08. The predicted molar refractivity (Wildman–Crippen MR) is 79.0 cm³/mol. The van der Waals surface area contributed by atoms with E-state index in [1.54, 1.807) is 11.1 Å². The topological polar surface area (TPSA) is 87.9 Å². The summed E-state index contributed by atoms with van der Waals surface area (Å²) in [5.74, 6) is 1.08. The van der Waals surface area contributed by atoms with Crippen molar-refractivity contribution in [2.45, 2.75) is 19.3 Å². The van der Waals surface area contributed by atoms with Gasteiger partial charge in [-0.3, -0.25) is 9.78 Å². The molecule has 0 spiro atoms. The normalized spacial score (nSPS) is 18.5. The Morgan fingerprint density at radius 2 is 2.36 bits per heavy atom. The molecule has 0 aliphatic carbocycles. The molecular formula is C15H15N5O2. The van der Waals surface area contributed by atoms with Crippen LogP contribution in [0.1, 0.15) is 25.2 Å². The highest BCUT2D eigenvalue weighted by atomic mass is 16.5. The van der Waals surface area contributed by atoms with Crippen molar-refractivity contribution in [1.29, 1.82) is 0 Å². The Hall–Kier alpha value is -2.70. The van der Waals surface area contributed by atoms with Gasteiger partial charge in [0.2, 0.25) is 17.6 Å². The zero-order valence-electron chi connectivity index (χ0n) is 12.1. The van der Waals surface area contributed by atoms with Crippen LogP contribution in [0.25, 0.3) is 22.4 Å². The van der Waals surface area contributed by atoms with Crippen molar-refractivity contribution >= 4 is 16.8 Å². The Morgan fingerprint density at radius 1 is 1.45 bits per heavy atom. The van der Waals surface area contributed by atoms with Gasteiger partial charge in [0.25, 0.3) is 0 Å². The largest absolute Gasteiger partial charge is 0.361 e. The fourth-order valence-electron chi connectivity index (χ4n) is 2.90. The molecular weight excluding hydrogens is 282 g/mol. The highest BCUT2D eigenvalue weighted by Gasteiger charge is 2.33. The molecule has 7 heteroatoms. The summed E-state index contributed by atoms with van der Waals surface area (Å²) in [6.07, 6.45) is 3.99. The molecule has 1 saturated heterocycles. The van der Waals surface area contributed by atoms with Crippen molar-refractivity contribution in [2.24, 2.45) is 0 Å². The standard InChI is InChI=1S/C15H15N5O2/c1-2-20-8-9(7-12(20)21)15-18-14(19-22-15)13-10-3-5-16-11(10)4-6-17-13/h3-6,9,16H,2,7-8H2,1H3. The van der Waals surface area contributed by atoms with Crippen LogP contribution in [-0.2, 0) is 4.79 Å². The second kappa shape index (κ2) is 4.94. The zero-order chi connectivity index (χ0) is 15.1. The van der Waals surface area contributed by atoms with Crippen LogP contribution in [0.5, 0.6) is 0 Å². The number of nitrogens with zero attached hydrogens (tertiary/aromatic N) is 4. The van der Waals surface area contributed by atoms with Gasteiger partial charge in [0.1, 0.15) is 5.69 Å². The van der Waals surface area contributed by atoms with Gasteiger partial charge in [0.05, 0.1) is 5.92 Å². The number of aromatic nitrogens is 4. The first-order chi connectivity index (χ1) is 10.8. The Bertz CT molecular complexity index is 837. The van der Waals surface area contributed by atoms with Crippen molar-refractivity contribution in [3.8, 4) is 11.5 Å².